The summed E-state index contributed by atoms with van der Waals surface area (Å²) < 4.78 is 0. The van der Waals surface area contributed by atoms with Gasteiger partial charge in [0.15, 0.2) is 5.78 Å². The first kappa shape index (κ1) is 15.2. The Balaban J connectivity index is 0.000000415. The number of benzene rings is 2. The van der Waals surface area contributed by atoms with Gasteiger partial charge in [-0.1, -0.05) is 76.2 Å². The molecule has 0 unspecified atom stereocenters. The Morgan fingerprint density at radius 3 is 1.47 bits per heavy atom. The molecule has 0 spiro atoms. The Morgan fingerprint density at radius 2 is 1.05 bits per heavy atom. The molecule has 0 bridgehead atoms. The number of carbonyl (C=O) groups is 1. The molecule has 100 valence electrons. The van der Waals surface area contributed by atoms with Crippen molar-refractivity contribution in [2.75, 3.05) is 0 Å². The minimum Gasteiger partial charge on any atom is -0.289 e. The van der Waals surface area contributed by atoms with Gasteiger partial charge in [0.05, 0.1) is 0 Å². The van der Waals surface area contributed by atoms with Gasteiger partial charge in [-0.15, -0.1) is 0 Å². The van der Waals surface area contributed by atoms with Crippen LogP contribution in [-0.2, 0) is 6.42 Å². The largest absolute Gasteiger partial charge is 0.289 e. The number of ketones is 1. The van der Waals surface area contributed by atoms with E-state index in [9.17, 15) is 4.79 Å². The van der Waals surface area contributed by atoms with Crippen LogP contribution in [0.4, 0.5) is 0 Å². The van der Waals surface area contributed by atoms with Gasteiger partial charge in [0, 0.05) is 11.1 Å². The van der Waals surface area contributed by atoms with Crippen LogP contribution >= 0.6 is 0 Å². The lowest BCUT2D eigenvalue weighted by Gasteiger charge is -2.17. The highest BCUT2D eigenvalue weighted by Crippen LogP contribution is 2.26. The lowest BCUT2D eigenvalue weighted by atomic mass is 9.85. The number of rotatable bonds is 0. The SMILES string of the molecule is CC.CC.O=C1c2ccccc2Cc2ccccc21. The fraction of sp³-hybridized carbons (Fsp3) is 0.278. The summed E-state index contributed by atoms with van der Waals surface area (Å²) >= 11 is 0. The van der Waals surface area contributed by atoms with E-state index in [1.54, 1.807) is 0 Å². The van der Waals surface area contributed by atoms with Crippen LogP contribution in [0.25, 0.3) is 0 Å². The molecule has 0 fully saturated rings. The second-order valence-electron chi connectivity index (χ2n) is 3.82. The fourth-order valence-corrected chi connectivity index (χ4v) is 2.14. The molecule has 0 saturated heterocycles. The molecule has 19 heavy (non-hydrogen) atoms. The molecule has 0 amide bonds. The molecule has 0 aromatic heterocycles. The van der Waals surface area contributed by atoms with E-state index in [-0.39, 0.29) is 5.78 Å². The lowest BCUT2D eigenvalue weighted by molar-refractivity contribution is 0.103. The zero-order valence-electron chi connectivity index (χ0n) is 12.2. The lowest BCUT2D eigenvalue weighted by Crippen LogP contribution is -2.14. The molecule has 0 atom stereocenters. The Morgan fingerprint density at radius 1 is 0.684 bits per heavy atom. The molecular formula is C18H22O. The first-order chi connectivity index (χ1) is 9.36. The van der Waals surface area contributed by atoms with Crippen LogP contribution in [0.15, 0.2) is 48.5 Å². The van der Waals surface area contributed by atoms with E-state index in [0.29, 0.717) is 0 Å². The monoisotopic (exact) mass is 254 g/mol. The third-order valence-corrected chi connectivity index (χ3v) is 2.90. The molecule has 2 aromatic rings. The summed E-state index contributed by atoms with van der Waals surface area (Å²) in [4.78, 5) is 12.1. The van der Waals surface area contributed by atoms with Crippen molar-refractivity contribution in [1.82, 2.24) is 0 Å². The van der Waals surface area contributed by atoms with Crippen LogP contribution in [0.1, 0.15) is 54.7 Å². The fourth-order valence-electron chi connectivity index (χ4n) is 2.14. The van der Waals surface area contributed by atoms with E-state index in [1.807, 2.05) is 76.2 Å². The normalized spacial score (nSPS) is 11.1. The van der Waals surface area contributed by atoms with Crippen molar-refractivity contribution in [3.05, 3.63) is 70.8 Å². The van der Waals surface area contributed by atoms with Gasteiger partial charge >= 0.3 is 0 Å². The number of hydrogen-bond acceptors (Lipinski definition) is 1. The summed E-state index contributed by atoms with van der Waals surface area (Å²) in [6.07, 6.45) is 0.873. The Kier molecular flexibility index (Phi) is 6.01. The number of fused-ring (bicyclic) bond motifs is 2. The molecule has 0 saturated carbocycles. The first-order valence-corrected chi connectivity index (χ1v) is 7.07. The Hall–Kier alpha value is -1.89. The zero-order valence-corrected chi connectivity index (χ0v) is 12.2. The molecule has 2 aromatic carbocycles. The minimum absolute atomic E-state index is 0.160. The molecular weight excluding hydrogens is 232 g/mol. The summed E-state index contributed by atoms with van der Waals surface area (Å²) in [6.45, 7) is 8.00. The zero-order chi connectivity index (χ0) is 14.3. The third kappa shape index (κ3) is 3.11. The molecule has 1 heteroatoms. The molecule has 0 N–H and O–H groups in total. The molecule has 1 aliphatic carbocycles. The van der Waals surface area contributed by atoms with Crippen LogP contribution in [0.2, 0.25) is 0 Å². The van der Waals surface area contributed by atoms with Gasteiger partial charge in [0.25, 0.3) is 0 Å². The average molecular weight is 254 g/mol. The van der Waals surface area contributed by atoms with E-state index in [1.165, 1.54) is 0 Å². The third-order valence-electron chi connectivity index (χ3n) is 2.90. The van der Waals surface area contributed by atoms with Crippen molar-refractivity contribution in [2.24, 2.45) is 0 Å². The highest BCUT2D eigenvalue weighted by Gasteiger charge is 2.21. The van der Waals surface area contributed by atoms with Gasteiger partial charge in [-0.25, -0.2) is 0 Å². The highest BCUT2D eigenvalue weighted by molar-refractivity contribution is 6.12. The van der Waals surface area contributed by atoms with Crippen molar-refractivity contribution in [2.45, 2.75) is 34.1 Å². The van der Waals surface area contributed by atoms with E-state index in [2.05, 4.69) is 0 Å². The summed E-state index contributed by atoms with van der Waals surface area (Å²) in [6, 6.07) is 15.7. The maximum absolute atomic E-state index is 12.1. The summed E-state index contributed by atoms with van der Waals surface area (Å²) in [5.41, 5.74) is 4.00. The van der Waals surface area contributed by atoms with E-state index < -0.39 is 0 Å². The van der Waals surface area contributed by atoms with Gasteiger partial charge in [0.2, 0.25) is 0 Å². The van der Waals surface area contributed by atoms with Crippen LogP contribution in [0, 0.1) is 0 Å². The molecule has 1 aliphatic rings. The standard InChI is InChI=1S/C14H10O.2C2H6/c15-14-12-7-3-1-5-10(12)9-11-6-2-4-8-13(11)14;2*1-2/h1-8H,9H2;2*1-2H3. The topological polar surface area (TPSA) is 17.1 Å². The second-order valence-corrected chi connectivity index (χ2v) is 3.82. The van der Waals surface area contributed by atoms with Crippen LogP contribution in [0.3, 0.4) is 0 Å². The van der Waals surface area contributed by atoms with E-state index in [0.717, 1.165) is 28.7 Å². The smallest absolute Gasteiger partial charge is 0.193 e. The van der Waals surface area contributed by atoms with Crippen molar-refractivity contribution in [3.8, 4) is 0 Å². The average Bonchev–Trinajstić information content (AvgIpc) is 2.52. The minimum atomic E-state index is 0.160. The quantitative estimate of drug-likeness (QED) is 0.559. The predicted octanol–water partition coefficient (Wildman–Crippen LogP) is 4.87. The summed E-state index contributed by atoms with van der Waals surface area (Å²) in [5.74, 6) is 0.160. The van der Waals surface area contributed by atoms with Gasteiger partial charge in [-0.3, -0.25) is 4.79 Å². The predicted molar refractivity (Wildman–Crippen MR) is 81.8 cm³/mol. The van der Waals surface area contributed by atoms with Gasteiger partial charge in [-0.2, -0.15) is 0 Å². The van der Waals surface area contributed by atoms with E-state index >= 15 is 0 Å². The summed E-state index contributed by atoms with van der Waals surface area (Å²) in [5, 5.41) is 0. The molecule has 0 heterocycles. The molecule has 3 rings (SSSR count). The number of carbonyl (C=O) groups excluding carboxylic acids is 1. The molecule has 0 radical (unpaired) electrons. The molecule has 0 aliphatic heterocycles. The van der Waals surface area contributed by atoms with Crippen LogP contribution in [-0.4, -0.2) is 5.78 Å². The second kappa shape index (κ2) is 7.52. The Bertz CT molecular complexity index is 493. The first-order valence-electron chi connectivity index (χ1n) is 7.07. The van der Waals surface area contributed by atoms with E-state index in [4.69, 9.17) is 0 Å². The molecule has 1 nitrogen and oxygen atoms in total. The van der Waals surface area contributed by atoms with Crippen molar-refractivity contribution < 1.29 is 4.79 Å². The van der Waals surface area contributed by atoms with Crippen LogP contribution in [0.5, 0.6) is 0 Å². The Labute approximate surface area is 116 Å². The van der Waals surface area contributed by atoms with Gasteiger partial charge in [0.1, 0.15) is 0 Å². The number of hydrogen-bond donors (Lipinski definition) is 0. The highest BCUT2D eigenvalue weighted by atomic mass is 16.1. The van der Waals surface area contributed by atoms with Crippen LogP contribution < -0.4 is 0 Å². The van der Waals surface area contributed by atoms with Crippen molar-refractivity contribution in [1.29, 1.82) is 0 Å². The van der Waals surface area contributed by atoms with Crippen molar-refractivity contribution >= 4 is 5.78 Å². The summed E-state index contributed by atoms with van der Waals surface area (Å²) in [7, 11) is 0. The van der Waals surface area contributed by atoms with Crippen molar-refractivity contribution in [3.63, 3.8) is 0 Å². The van der Waals surface area contributed by atoms with Gasteiger partial charge in [-0.05, 0) is 17.5 Å². The maximum atomic E-state index is 12.1. The maximum Gasteiger partial charge on any atom is 0.193 e. The van der Waals surface area contributed by atoms with Gasteiger partial charge < -0.3 is 0 Å².